The third kappa shape index (κ3) is 3.38. The van der Waals surface area contributed by atoms with Crippen LogP contribution in [0.5, 0.6) is 0 Å². The quantitative estimate of drug-likeness (QED) is 0.522. The molecule has 1 saturated heterocycles. The third-order valence-corrected chi connectivity index (χ3v) is 5.79. The van der Waals surface area contributed by atoms with Crippen LogP contribution in [0.4, 0.5) is 20.2 Å². The van der Waals surface area contributed by atoms with Crippen molar-refractivity contribution in [1.82, 2.24) is 10.6 Å². The van der Waals surface area contributed by atoms with E-state index in [1.165, 1.54) is 5.69 Å². The lowest BCUT2D eigenvalue weighted by molar-refractivity contribution is 0.101. The summed E-state index contributed by atoms with van der Waals surface area (Å²) in [7, 11) is 0. The first kappa shape index (κ1) is 19.4. The van der Waals surface area contributed by atoms with Crippen molar-refractivity contribution in [1.29, 1.82) is 0 Å². The van der Waals surface area contributed by atoms with Crippen molar-refractivity contribution >= 4 is 28.6 Å². The molecule has 0 radical (unpaired) electrons. The molecule has 3 heterocycles. The Bertz CT molecular complexity index is 1160. The molecule has 2 aromatic carbocycles. The highest BCUT2D eigenvalue weighted by atomic mass is 19.1. The molecule has 5 rings (SSSR count). The largest absolute Gasteiger partial charge is 0.396 e. The van der Waals surface area contributed by atoms with E-state index in [9.17, 15) is 13.6 Å². The molecule has 0 bridgehead atoms. The van der Waals surface area contributed by atoms with Crippen molar-refractivity contribution in [2.75, 3.05) is 43.4 Å². The highest BCUT2D eigenvalue weighted by Gasteiger charge is 2.34. The van der Waals surface area contributed by atoms with Crippen LogP contribution in [0.25, 0.3) is 5.57 Å². The van der Waals surface area contributed by atoms with E-state index >= 15 is 0 Å². The Morgan fingerprint density at radius 3 is 2.55 bits per heavy atom. The fraction of sp³-hybridized carbons (Fsp3) is 0.217. The van der Waals surface area contributed by atoms with Crippen molar-refractivity contribution in [3.05, 3.63) is 76.5 Å². The molecule has 3 aliphatic rings. The Hall–Kier alpha value is -3.52. The average molecular weight is 421 g/mol. The van der Waals surface area contributed by atoms with Gasteiger partial charge in [-0.15, -0.1) is 0 Å². The number of nitrogens with two attached hydrogens (primary N) is 1. The second-order valence-electron chi connectivity index (χ2n) is 7.69. The molecule has 0 amide bonds. The highest BCUT2D eigenvalue weighted by molar-refractivity contribution is 6.24. The number of nitrogen functional groups attached to an aromatic ring is 1. The van der Waals surface area contributed by atoms with Crippen LogP contribution in [0.3, 0.4) is 0 Å². The number of nitrogens with zero attached hydrogens (tertiary/aromatic N) is 2. The Kier molecular flexibility index (Phi) is 4.78. The molecule has 158 valence electrons. The second kappa shape index (κ2) is 7.63. The Morgan fingerprint density at radius 2 is 1.81 bits per heavy atom. The Labute approximate surface area is 178 Å². The summed E-state index contributed by atoms with van der Waals surface area (Å²) in [6, 6.07) is 10.3. The van der Waals surface area contributed by atoms with E-state index in [1.54, 1.807) is 0 Å². The Morgan fingerprint density at radius 1 is 1.06 bits per heavy atom. The number of dihydropyridines is 1. The number of nitrogens with one attached hydrogen (secondary N) is 2. The van der Waals surface area contributed by atoms with Crippen LogP contribution in [0.2, 0.25) is 0 Å². The molecular formula is C23H21F2N5O. The van der Waals surface area contributed by atoms with Crippen LogP contribution in [-0.4, -0.2) is 44.3 Å². The molecular weight excluding hydrogens is 400 g/mol. The van der Waals surface area contributed by atoms with E-state index < -0.39 is 23.0 Å². The number of allylic oxidation sites excluding steroid dienone is 1. The van der Waals surface area contributed by atoms with E-state index in [0.717, 1.165) is 49.4 Å². The SMILES string of the molecule is Nc1ccc(F)c(C(=O)C2=C3C=C(c4ccc(N5CCNCC5)cc4)CN=C3N2)c1F. The van der Waals surface area contributed by atoms with Gasteiger partial charge in [0.15, 0.2) is 5.82 Å². The summed E-state index contributed by atoms with van der Waals surface area (Å²) < 4.78 is 28.4. The zero-order valence-electron chi connectivity index (χ0n) is 16.7. The first-order valence-electron chi connectivity index (χ1n) is 10.1. The lowest BCUT2D eigenvalue weighted by atomic mass is 9.91. The molecule has 4 N–H and O–H groups in total. The number of aliphatic imine (C=N–C) groups is 1. The average Bonchev–Trinajstić information content (AvgIpc) is 2.78. The molecule has 0 unspecified atom stereocenters. The third-order valence-electron chi connectivity index (χ3n) is 5.79. The molecule has 0 saturated carbocycles. The number of halogens is 2. The summed E-state index contributed by atoms with van der Waals surface area (Å²) in [5.41, 5.74) is 8.35. The van der Waals surface area contributed by atoms with Crippen molar-refractivity contribution < 1.29 is 13.6 Å². The summed E-state index contributed by atoms with van der Waals surface area (Å²) in [5, 5.41) is 6.17. The summed E-state index contributed by atoms with van der Waals surface area (Å²) in [5.74, 6) is -2.22. The number of piperazine rings is 1. The molecule has 0 aromatic heterocycles. The second-order valence-corrected chi connectivity index (χ2v) is 7.69. The van der Waals surface area contributed by atoms with Crippen molar-refractivity contribution in [2.24, 2.45) is 4.99 Å². The van der Waals surface area contributed by atoms with Crippen LogP contribution in [0, 0.1) is 11.6 Å². The predicted octanol–water partition coefficient (Wildman–Crippen LogP) is 2.49. The number of fused-ring (bicyclic) bond motifs is 1. The molecule has 0 aliphatic carbocycles. The van der Waals surface area contributed by atoms with Crippen LogP contribution >= 0.6 is 0 Å². The Balaban J connectivity index is 1.43. The van der Waals surface area contributed by atoms with Crippen LogP contribution in [-0.2, 0) is 0 Å². The zero-order valence-corrected chi connectivity index (χ0v) is 16.7. The van der Waals surface area contributed by atoms with Gasteiger partial charge < -0.3 is 21.3 Å². The van der Waals surface area contributed by atoms with Gasteiger partial charge in [-0.1, -0.05) is 12.1 Å². The fourth-order valence-corrected chi connectivity index (χ4v) is 4.02. The summed E-state index contributed by atoms with van der Waals surface area (Å²) >= 11 is 0. The molecule has 6 nitrogen and oxygen atoms in total. The van der Waals surface area contributed by atoms with Crippen LogP contribution < -0.4 is 21.3 Å². The summed E-state index contributed by atoms with van der Waals surface area (Å²) in [4.78, 5) is 19.6. The first-order chi connectivity index (χ1) is 15.0. The number of benzene rings is 2. The summed E-state index contributed by atoms with van der Waals surface area (Å²) in [6.45, 7) is 4.34. The maximum atomic E-state index is 14.3. The van der Waals surface area contributed by atoms with Gasteiger partial charge in [-0.05, 0) is 41.5 Å². The number of Topliss-reactive ketones (excluding diaryl/α,β-unsaturated/α-hetero) is 1. The number of anilines is 2. The number of carbonyl (C=O) groups is 1. The van der Waals surface area contributed by atoms with E-state index in [-0.39, 0.29) is 11.4 Å². The predicted molar refractivity (Wildman–Crippen MR) is 117 cm³/mol. The van der Waals surface area contributed by atoms with Crippen molar-refractivity contribution in [3.8, 4) is 0 Å². The van der Waals surface area contributed by atoms with E-state index in [1.807, 2.05) is 18.2 Å². The topological polar surface area (TPSA) is 82.8 Å². The van der Waals surface area contributed by atoms with Gasteiger partial charge in [-0.3, -0.25) is 9.79 Å². The van der Waals surface area contributed by atoms with Crippen LogP contribution in [0.1, 0.15) is 15.9 Å². The lowest BCUT2D eigenvalue weighted by Gasteiger charge is -2.30. The van der Waals surface area contributed by atoms with Gasteiger partial charge in [0.05, 0.1) is 23.5 Å². The maximum Gasteiger partial charge on any atom is 0.215 e. The first-order valence-corrected chi connectivity index (χ1v) is 10.1. The van der Waals surface area contributed by atoms with Gasteiger partial charge in [0, 0.05) is 37.4 Å². The smallest absolute Gasteiger partial charge is 0.215 e. The molecule has 8 heteroatoms. The zero-order chi connectivity index (χ0) is 21.5. The molecule has 1 fully saturated rings. The standard InChI is InChI=1S/C23H21F2N5O/c24-17-5-6-18(26)20(25)19(17)22(31)21-16-11-14(12-28-23(16)29-21)13-1-3-15(4-2-13)30-9-7-27-8-10-30/h1-6,11,27H,7-10,12,26H2,(H,28,29). The minimum Gasteiger partial charge on any atom is -0.396 e. The number of ketones is 1. The van der Waals surface area contributed by atoms with Crippen LogP contribution in [0.15, 0.2) is 58.7 Å². The summed E-state index contributed by atoms with van der Waals surface area (Å²) in [6.07, 6.45) is 1.86. The lowest BCUT2D eigenvalue weighted by Crippen LogP contribution is -2.43. The number of hydrogen-bond donors (Lipinski definition) is 3. The monoisotopic (exact) mass is 421 g/mol. The van der Waals surface area contributed by atoms with Gasteiger partial charge in [0.25, 0.3) is 0 Å². The number of rotatable bonds is 4. The number of amidine groups is 1. The molecule has 31 heavy (non-hydrogen) atoms. The number of carbonyl (C=O) groups excluding carboxylic acids is 1. The van der Waals surface area contributed by atoms with Gasteiger partial charge in [-0.25, -0.2) is 8.78 Å². The van der Waals surface area contributed by atoms with Crippen molar-refractivity contribution in [3.63, 3.8) is 0 Å². The number of hydrogen-bond acceptors (Lipinski definition) is 6. The molecule has 0 atom stereocenters. The van der Waals surface area contributed by atoms with E-state index in [4.69, 9.17) is 5.73 Å². The fourth-order valence-electron chi connectivity index (χ4n) is 4.02. The van der Waals surface area contributed by atoms with Gasteiger partial charge in [-0.2, -0.15) is 0 Å². The normalized spacial score (nSPS) is 17.9. The molecule has 0 spiro atoms. The van der Waals surface area contributed by atoms with E-state index in [2.05, 4.69) is 32.7 Å². The minimum atomic E-state index is -1.05. The highest BCUT2D eigenvalue weighted by Crippen LogP contribution is 2.31. The van der Waals surface area contributed by atoms with Gasteiger partial charge >= 0.3 is 0 Å². The molecule has 3 aliphatic heterocycles. The maximum absolute atomic E-state index is 14.3. The minimum absolute atomic E-state index is 0.122. The van der Waals surface area contributed by atoms with Gasteiger partial charge in [0.2, 0.25) is 5.78 Å². The van der Waals surface area contributed by atoms with E-state index in [0.29, 0.717) is 18.0 Å². The molecule has 2 aromatic rings. The van der Waals surface area contributed by atoms with Gasteiger partial charge in [0.1, 0.15) is 11.7 Å². The van der Waals surface area contributed by atoms with Crippen molar-refractivity contribution in [2.45, 2.75) is 0 Å².